The normalized spacial score (nSPS) is 15.7. The average molecular weight is 471 g/mol. The Balaban J connectivity index is 1.60. The van der Waals surface area contributed by atoms with E-state index in [0.29, 0.717) is 0 Å². The van der Waals surface area contributed by atoms with Crippen molar-refractivity contribution in [3.8, 4) is 5.69 Å². The van der Waals surface area contributed by atoms with Crippen LogP contribution in [0.3, 0.4) is 0 Å². The van der Waals surface area contributed by atoms with E-state index in [1.54, 1.807) is 4.57 Å². The third kappa shape index (κ3) is 3.99. The summed E-state index contributed by atoms with van der Waals surface area (Å²) in [5, 5.41) is 5.65. The van der Waals surface area contributed by atoms with E-state index in [0.717, 1.165) is 29.7 Å². The summed E-state index contributed by atoms with van der Waals surface area (Å²) >= 11 is -2.22. The molecule has 3 aromatic rings. The SMILES string of the molecule is [CH3][Sn]([CH3])([CH3])[c]1ccn(-c2ccc3c(cnn3CCN3CCCC3)c2)c(=O)c1. The number of fused-ring (bicyclic) bond motifs is 1. The van der Waals surface area contributed by atoms with Gasteiger partial charge in [-0.15, -0.1) is 0 Å². The van der Waals surface area contributed by atoms with E-state index < -0.39 is 18.4 Å². The van der Waals surface area contributed by atoms with Crippen LogP contribution in [0.5, 0.6) is 0 Å². The minimum absolute atomic E-state index is 0.0555. The predicted molar refractivity (Wildman–Crippen MR) is 114 cm³/mol. The molecule has 1 aliphatic heterocycles. The number of likely N-dealkylation sites (tertiary alicyclic amines) is 1. The summed E-state index contributed by atoms with van der Waals surface area (Å²) in [7, 11) is 0. The Bertz CT molecular complexity index is 1010. The molecule has 1 fully saturated rings. The average Bonchev–Trinajstić information content (AvgIpc) is 3.28. The van der Waals surface area contributed by atoms with Gasteiger partial charge >= 0.3 is 139 Å². The summed E-state index contributed by atoms with van der Waals surface area (Å²) in [5.74, 6) is 0. The summed E-state index contributed by atoms with van der Waals surface area (Å²) < 4.78 is 5.08. The zero-order valence-electron chi connectivity index (χ0n) is 16.5. The van der Waals surface area contributed by atoms with Crippen LogP contribution < -0.4 is 9.14 Å². The molecule has 0 atom stereocenters. The van der Waals surface area contributed by atoms with E-state index in [1.165, 1.54) is 29.5 Å². The molecule has 1 saturated heterocycles. The molecule has 0 aliphatic carbocycles. The summed E-state index contributed by atoms with van der Waals surface area (Å²) in [5.41, 5.74) is 2.09. The number of nitrogens with zero attached hydrogens (tertiary/aromatic N) is 4. The second-order valence-corrected chi connectivity index (χ2v) is 23.0. The fourth-order valence-corrected chi connectivity index (χ4v) is 7.03. The van der Waals surface area contributed by atoms with Gasteiger partial charge in [0.1, 0.15) is 0 Å². The van der Waals surface area contributed by atoms with Gasteiger partial charge in [-0.2, -0.15) is 0 Å². The van der Waals surface area contributed by atoms with Crippen molar-refractivity contribution >= 4 is 32.9 Å². The molecule has 5 nitrogen and oxygen atoms in total. The number of hydrogen-bond acceptors (Lipinski definition) is 3. The van der Waals surface area contributed by atoms with Crippen LogP contribution in [0, 0.1) is 0 Å². The molecule has 2 aromatic heterocycles. The van der Waals surface area contributed by atoms with Crippen molar-refractivity contribution in [3.05, 3.63) is 53.1 Å². The van der Waals surface area contributed by atoms with Crippen LogP contribution in [0.2, 0.25) is 14.8 Å². The van der Waals surface area contributed by atoms with E-state index in [-0.39, 0.29) is 5.56 Å². The van der Waals surface area contributed by atoms with Crippen LogP contribution in [-0.4, -0.2) is 57.3 Å². The summed E-state index contributed by atoms with van der Waals surface area (Å²) in [6.07, 6.45) is 6.47. The van der Waals surface area contributed by atoms with Crippen LogP contribution in [0.25, 0.3) is 16.6 Å². The monoisotopic (exact) mass is 472 g/mol. The van der Waals surface area contributed by atoms with E-state index in [4.69, 9.17) is 0 Å². The first-order valence-electron chi connectivity index (χ1n) is 9.83. The zero-order valence-corrected chi connectivity index (χ0v) is 19.3. The van der Waals surface area contributed by atoms with Crippen molar-refractivity contribution in [2.75, 3.05) is 19.6 Å². The molecular formula is C21H28N4OSn. The molecule has 0 unspecified atom stereocenters. The first-order valence-corrected chi connectivity index (χ1v) is 19.8. The van der Waals surface area contributed by atoms with Gasteiger partial charge in [-0.3, -0.25) is 0 Å². The van der Waals surface area contributed by atoms with Gasteiger partial charge in [0.25, 0.3) is 0 Å². The van der Waals surface area contributed by atoms with E-state index in [1.807, 2.05) is 24.5 Å². The van der Waals surface area contributed by atoms with Gasteiger partial charge in [0.2, 0.25) is 0 Å². The molecule has 142 valence electrons. The van der Waals surface area contributed by atoms with Crippen LogP contribution in [0.1, 0.15) is 12.8 Å². The van der Waals surface area contributed by atoms with Gasteiger partial charge < -0.3 is 0 Å². The molecule has 0 amide bonds. The molecule has 4 rings (SSSR count). The minimum atomic E-state index is -2.22. The third-order valence-electron chi connectivity index (χ3n) is 5.52. The van der Waals surface area contributed by atoms with E-state index >= 15 is 0 Å². The van der Waals surface area contributed by atoms with Crippen molar-refractivity contribution in [1.29, 1.82) is 0 Å². The molecule has 27 heavy (non-hydrogen) atoms. The molecular weight excluding hydrogens is 443 g/mol. The van der Waals surface area contributed by atoms with Crippen molar-refractivity contribution in [2.24, 2.45) is 0 Å². The summed E-state index contributed by atoms with van der Waals surface area (Å²) in [6.45, 7) is 4.39. The van der Waals surface area contributed by atoms with Gasteiger partial charge in [0, 0.05) is 0 Å². The van der Waals surface area contributed by atoms with Gasteiger partial charge in [-0.05, 0) is 25.9 Å². The summed E-state index contributed by atoms with van der Waals surface area (Å²) in [4.78, 5) is 22.1. The first kappa shape index (κ1) is 18.7. The topological polar surface area (TPSA) is 43.1 Å². The Labute approximate surface area is 164 Å². The standard InChI is InChI=1S/C18H19N4O.3CH3.Sn/c23-18-5-1-2-10-21(18)16-6-7-17-15(13-16)14-19-22(17)12-11-20-8-3-4-9-20;;;;/h2,5-7,10,13-14H,3-4,8-9,11-12H2;3*1H3;. The predicted octanol–water partition coefficient (Wildman–Crippen LogP) is 2.83. The molecule has 0 bridgehead atoms. The Kier molecular flexibility index (Phi) is 5.16. The quantitative estimate of drug-likeness (QED) is 0.538. The maximum absolute atomic E-state index is 12.6. The second kappa shape index (κ2) is 7.43. The van der Waals surface area contributed by atoms with Gasteiger partial charge in [-0.1, -0.05) is 0 Å². The van der Waals surface area contributed by atoms with Gasteiger partial charge in [0.05, 0.1) is 0 Å². The Morgan fingerprint density at radius 1 is 1.04 bits per heavy atom. The molecule has 0 N–H and O–H groups in total. The fourth-order valence-electron chi connectivity index (χ4n) is 3.80. The molecule has 0 radical (unpaired) electrons. The molecule has 3 heterocycles. The van der Waals surface area contributed by atoms with Gasteiger partial charge in [0.15, 0.2) is 0 Å². The van der Waals surface area contributed by atoms with E-state index in [9.17, 15) is 4.79 Å². The summed E-state index contributed by atoms with van der Waals surface area (Å²) in [6, 6.07) is 10.1. The molecule has 0 spiro atoms. The number of pyridine rings is 1. The van der Waals surface area contributed by atoms with Crippen LogP contribution in [-0.2, 0) is 6.54 Å². The molecule has 1 aromatic carbocycles. The Hall–Kier alpha value is -1.60. The van der Waals surface area contributed by atoms with Crippen molar-refractivity contribution in [2.45, 2.75) is 34.2 Å². The molecule has 0 saturated carbocycles. The zero-order chi connectivity index (χ0) is 19.0. The Morgan fingerprint density at radius 2 is 1.81 bits per heavy atom. The van der Waals surface area contributed by atoms with E-state index in [2.05, 4.69) is 47.7 Å². The number of benzene rings is 1. The number of hydrogen-bond donors (Lipinski definition) is 0. The fraction of sp³-hybridized carbons (Fsp3) is 0.429. The van der Waals surface area contributed by atoms with Crippen LogP contribution in [0.15, 0.2) is 47.5 Å². The van der Waals surface area contributed by atoms with Gasteiger partial charge in [-0.25, -0.2) is 0 Å². The van der Waals surface area contributed by atoms with Crippen LogP contribution >= 0.6 is 0 Å². The molecule has 6 heteroatoms. The second-order valence-electron chi connectivity index (χ2n) is 8.53. The Morgan fingerprint density at radius 3 is 2.52 bits per heavy atom. The number of aromatic nitrogens is 3. The van der Waals surface area contributed by atoms with Crippen molar-refractivity contribution < 1.29 is 0 Å². The van der Waals surface area contributed by atoms with Crippen LogP contribution in [0.4, 0.5) is 0 Å². The van der Waals surface area contributed by atoms with Crippen molar-refractivity contribution in [1.82, 2.24) is 19.2 Å². The third-order valence-corrected chi connectivity index (χ3v) is 11.3. The van der Waals surface area contributed by atoms with Crippen molar-refractivity contribution in [3.63, 3.8) is 0 Å². The maximum atomic E-state index is 12.6. The number of rotatable bonds is 5. The molecule has 1 aliphatic rings. The first-order chi connectivity index (χ1) is 12.9.